The molecule has 0 aliphatic heterocycles. The van der Waals surface area contributed by atoms with Crippen LogP contribution in [0.1, 0.15) is 12.5 Å². The van der Waals surface area contributed by atoms with E-state index in [4.69, 9.17) is 14.2 Å². The van der Waals surface area contributed by atoms with Gasteiger partial charge >= 0.3 is 0 Å². The minimum absolute atomic E-state index is 0.147. The normalized spacial score (nSPS) is 10.7. The van der Waals surface area contributed by atoms with Crippen LogP contribution >= 0.6 is 0 Å². The van der Waals surface area contributed by atoms with Gasteiger partial charge in [0.25, 0.3) is 0 Å². The van der Waals surface area contributed by atoms with Gasteiger partial charge in [0.15, 0.2) is 5.65 Å². The number of carbonyl (C=O) groups excluding carboxylic acids is 1. The Hall–Kier alpha value is -4.07. The lowest BCUT2D eigenvalue weighted by Crippen LogP contribution is -2.15. The average Bonchev–Trinajstić information content (AvgIpc) is 3.24. The Kier molecular flexibility index (Phi) is 6.21. The minimum Gasteiger partial charge on any atom is -0.495 e. The minimum atomic E-state index is -0.147. The number of nitrogens with one attached hydrogen (secondary N) is 1. The fourth-order valence-electron chi connectivity index (χ4n) is 3.33. The van der Waals surface area contributed by atoms with Gasteiger partial charge in [-0.2, -0.15) is 0 Å². The summed E-state index contributed by atoms with van der Waals surface area (Å²) < 4.78 is 17.7. The van der Waals surface area contributed by atoms with Gasteiger partial charge in [0.2, 0.25) is 11.8 Å². The quantitative estimate of drug-likeness (QED) is 0.453. The molecule has 8 heteroatoms. The van der Waals surface area contributed by atoms with Crippen LogP contribution in [0.5, 0.6) is 17.4 Å². The summed E-state index contributed by atoms with van der Waals surface area (Å²) in [6.07, 6.45) is 2.04. The summed E-state index contributed by atoms with van der Waals surface area (Å²) in [7, 11) is 3.13. The fraction of sp³-hybridized carbons (Fsp3) is 0.208. The molecule has 164 valence electrons. The summed E-state index contributed by atoms with van der Waals surface area (Å²) >= 11 is 0. The van der Waals surface area contributed by atoms with Crippen molar-refractivity contribution in [3.63, 3.8) is 0 Å². The maximum atomic E-state index is 12.7. The summed E-state index contributed by atoms with van der Waals surface area (Å²) in [6, 6.07) is 16.6. The molecule has 2 aromatic carbocycles. The monoisotopic (exact) mass is 432 g/mol. The molecule has 0 bridgehead atoms. The van der Waals surface area contributed by atoms with E-state index < -0.39 is 0 Å². The van der Waals surface area contributed by atoms with Gasteiger partial charge in [-0.3, -0.25) is 4.79 Å². The summed E-state index contributed by atoms with van der Waals surface area (Å²) in [5, 5.41) is 7.28. The van der Waals surface area contributed by atoms with Crippen LogP contribution < -0.4 is 19.5 Å². The van der Waals surface area contributed by atoms with Crippen molar-refractivity contribution in [1.29, 1.82) is 0 Å². The number of imidazole rings is 1. The third-order valence-corrected chi connectivity index (χ3v) is 4.87. The van der Waals surface area contributed by atoms with E-state index in [1.54, 1.807) is 30.9 Å². The van der Waals surface area contributed by atoms with Crippen LogP contribution in [0.25, 0.3) is 16.9 Å². The molecular weight excluding hydrogens is 408 g/mol. The molecule has 2 aromatic heterocycles. The van der Waals surface area contributed by atoms with Gasteiger partial charge in [0.1, 0.15) is 11.5 Å². The van der Waals surface area contributed by atoms with E-state index in [1.165, 1.54) is 0 Å². The zero-order valence-corrected chi connectivity index (χ0v) is 18.2. The first kappa shape index (κ1) is 21.2. The molecule has 0 aliphatic rings. The number of methoxy groups -OCH3 is 2. The summed E-state index contributed by atoms with van der Waals surface area (Å²) in [4.78, 5) is 17.3. The zero-order valence-electron chi connectivity index (χ0n) is 18.2. The zero-order chi connectivity index (χ0) is 22.5. The lowest BCUT2D eigenvalue weighted by molar-refractivity contribution is -0.115. The van der Waals surface area contributed by atoms with Crippen molar-refractivity contribution in [3.05, 3.63) is 66.4 Å². The van der Waals surface area contributed by atoms with Gasteiger partial charge in [-0.05, 0) is 48.9 Å². The van der Waals surface area contributed by atoms with Crippen molar-refractivity contribution in [2.75, 3.05) is 26.1 Å². The van der Waals surface area contributed by atoms with E-state index in [0.717, 1.165) is 22.6 Å². The molecule has 4 aromatic rings. The smallest absolute Gasteiger partial charge is 0.231 e. The van der Waals surface area contributed by atoms with Crippen molar-refractivity contribution in [1.82, 2.24) is 14.6 Å². The van der Waals surface area contributed by atoms with Crippen LogP contribution in [-0.4, -0.2) is 41.3 Å². The number of fused-ring (bicyclic) bond motifs is 1. The second kappa shape index (κ2) is 9.38. The van der Waals surface area contributed by atoms with Crippen molar-refractivity contribution in [2.45, 2.75) is 13.3 Å². The van der Waals surface area contributed by atoms with E-state index in [2.05, 4.69) is 15.4 Å². The van der Waals surface area contributed by atoms with Crippen LogP contribution in [0.3, 0.4) is 0 Å². The molecular formula is C24H24N4O4. The first-order chi connectivity index (χ1) is 15.6. The number of ether oxygens (including phenoxy) is 3. The molecule has 0 atom stereocenters. The molecule has 1 amide bonds. The second-order valence-corrected chi connectivity index (χ2v) is 7.02. The highest BCUT2D eigenvalue weighted by Crippen LogP contribution is 2.30. The molecule has 0 radical (unpaired) electrons. The van der Waals surface area contributed by atoms with Crippen molar-refractivity contribution in [3.8, 4) is 28.6 Å². The number of aromatic nitrogens is 3. The first-order valence-electron chi connectivity index (χ1n) is 10.2. The Balaban J connectivity index is 1.54. The standard InChI is InChI=1S/C24H24N4O4/c1-4-32-18-8-5-16(6-9-18)13-23(29)26-19-14-17(7-10-21(19)30-2)20-15-28-22(25-20)11-12-24(27-28)31-3/h5-12,14-15H,4,13H2,1-3H3,(H,26,29). The van der Waals surface area contributed by atoms with Crippen molar-refractivity contribution >= 4 is 17.2 Å². The Morgan fingerprint density at radius 2 is 1.84 bits per heavy atom. The SMILES string of the molecule is CCOc1ccc(CC(=O)Nc2cc(-c3cn4nc(OC)ccc4n3)ccc2OC)cc1. The summed E-state index contributed by atoms with van der Waals surface area (Å²) in [5.41, 5.74) is 3.70. The summed E-state index contributed by atoms with van der Waals surface area (Å²) in [5.74, 6) is 1.70. The first-order valence-corrected chi connectivity index (χ1v) is 10.2. The Bertz CT molecular complexity index is 1230. The van der Waals surface area contributed by atoms with E-state index in [9.17, 15) is 4.79 Å². The van der Waals surface area contributed by atoms with E-state index >= 15 is 0 Å². The predicted octanol–water partition coefficient (Wildman–Crippen LogP) is 3.99. The number of rotatable bonds is 8. The highest BCUT2D eigenvalue weighted by atomic mass is 16.5. The third kappa shape index (κ3) is 4.64. The molecule has 2 heterocycles. The Morgan fingerprint density at radius 3 is 2.56 bits per heavy atom. The van der Waals surface area contributed by atoms with E-state index in [-0.39, 0.29) is 12.3 Å². The molecule has 1 N–H and O–H groups in total. The molecule has 4 rings (SSSR count). The van der Waals surface area contributed by atoms with E-state index in [1.807, 2.05) is 55.6 Å². The maximum absolute atomic E-state index is 12.7. The van der Waals surface area contributed by atoms with Gasteiger partial charge in [-0.15, -0.1) is 5.10 Å². The maximum Gasteiger partial charge on any atom is 0.231 e. The second-order valence-electron chi connectivity index (χ2n) is 7.02. The highest BCUT2D eigenvalue weighted by Gasteiger charge is 2.13. The molecule has 0 unspecified atom stereocenters. The number of anilines is 1. The predicted molar refractivity (Wildman–Crippen MR) is 121 cm³/mol. The lowest BCUT2D eigenvalue weighted by atomic mass is 10.1. The topological polar surface area (TPSA) is 87.0 Å². The third-order valence-electron chi connectivity index (χ3n) is 4.87. The number of hydrogen-bond acceptors (Lipinski definition) is 6. The lowest BCUT2D eigenvalue weighted by Gasteiger charge is -2.12. The number of carbonyl (C=O) groups is 1. The van der Waals surface area contributed by atoms with Gasteiger partial charge in [0.05, 0.1) is 44.8 Å². The molecule has 0 aliphatic carbocycles. The van der Waals surface area contributed by atoms with Crippen LogP contribution in [0.15, 0.2) is 60.8 Å². The number of benzene rings is 2. The molecule has 8 nitrogen and oxygen atoms in total. The van der Waals surface area contributed by atoms with Crippen LogP contribution in [0.2, 0.25) is 0 Å². The molecule has 0 saturated carbocycles. The van der Waals surface area contributed by atoms with Crippen LogP contribution in [0.4, 0.5) is 5.69 Å². The van der Waals surface area contributed by atoms with Gasteiger partial charge in [-0.1, -0.05) is 12.1 Å². The molecule has 0 saturated heterocycles. The Labute approximate surface area is 185 Å². The number of nitrogens with zero attached hydrogens (tertiary/aromatic N) is 3. The van der Waals surface area contributed by atoms with Crippen molar-refractivity contribution in [2.24, 2.45) is 0 Å². The van der Waals surface area contributed by atoms with Crippen LogP contribution in [0, 0.1) is 0 Å². The number of amides is 1. The molecule has 0 fully saturated rings. The largest absolute Gasteiger partial charge is 0.495 e. The molecule has 0 spiro atoms. The number of hydrogen-bond donors (Lipinski definition) is 1. The van der Waals surface area contributed by atoms with Crippen molar-refractivity contribution < 1.29 is 19.0 Å². The average molecular weight is 432 g/mol. The van der Waals surface area contributed by atoms with E-state index in [0.29, 0.717) is 29.6 Å². The fourth-order valence-corrected chi connectivity index (χ4v) is 3.33. The van der Waals surface area contributed by atoms with Crippen LogP contribution in [-0.2, 0) is 11.2 Å². The highest BCUT2D eigenvalue weighted by molar-refractivity contribution is 5.94. The van der Waals surface area contributed by atoms with Gasteiger partial charge in [-0.25, -0.2) is 9.50 Å². The summed E-state index contributed by atoms with van der Waals surface area (Å²) in [6.45, 7) is 2.54. The molecule has 32 heavy (non-hydrogen) atoms. The van der Waals surface area contributed by atoms with Gasteiger partial charge in [0, 0.05) is 11.6 Å². The van der Waals surface area contributed by atoms with Gasteiger partial charge < -0.3 is 19.5 Å². The Morgan fingerprint density at radius 1 is 1.03 bits per heavy atom.